The van der Waals surface area contributed by atoms with Crippen LogP contribution in [0.15, 0.2) is 249 Å². The number of aromatic nitrogens is 24. The van der Waals surface area contributed by atoms with Crippen LogP contribution in [-0.2, 0) is 82.5 Å². The predicted octanol–water partition coefficient (Wildman–Crippen LogP) is 13.8. The highest BCUT2D eigenvalue weighted by molar-refractivity contribution is 5.79. The van der Waals surface area contributed by atoms with E-state index in [1.54, 1.807) is 109 Å². The van der Waals surface area contributed by atoms with Crippen molar-refractivity contribution in [2.45, 2.75) is 171 Å². The molecule has 18 aromatic heterocycles. The summed E-state index contributed by atoms with van der Waals surface area (Å²) >= 11 is 0. The molecule has 0 spiro atoms. The summed E-state index contributed by atoms with van der Waals surface area (Å²) in [5.41, 5.74) is 14.5. The molecule has 6 aliphatic heterocycles. The van der Waals surface area contributed by atoms with Crippen molar-refractivity contribution in [1.29, 1.82) is 0 Å². The molecule has 0 aromatic carbocycles. The first-order valence-corrected chi connectivity index (χ1v) is 50.2. The molecular weight excluding hydrogens is 1870 g/mol. The summed E-state index contributed by atoms with van der Waals surface area (Å²) in [6.07, 6.45) is 33.3. The molecule has 6 atom stereocenters. The minimum absolute atomic E-state index is 0.0395. The summed E-state index contributed by atoms with van der Waals surface area (Å²) < 4.78 is 15.8. The zero-order chi connectivity index (χ0) is 103. The number of rotatable bonds is 6. The summed E-state index contributed by atoms with van der Waals surface area (Å²) in [7, 11) is 1.69. The van der Waals surface area contributed by atoms with E-state index < -0.39 is 0 Å². The van der Waals surface area contributed by atoms with E-state index in [0.29, 0.717) is 155 Å². The average Bonchev–Trinajstić information content (AvgIpc) is 1.66. The van der Waals surface area contributed by atoms with Crippen LogP contribution >= 0.6 is 0 Å². The quantitative estimate of drug-likeness (QED) is 0.140. The maximum Gasteiger partial charge on any atom is 0.280 e. The molecule has 0 fully saturated rings. The van der Waals surface area contributed by atoms with Gasteiger partial charge in [-0.15, -0.1) is 0 Å². The molecule has 0 saturated carbocycles. The molecule has 0 N–H and O–H groups in total. The van der Waals surface area contributed by atoms with Crippen molar-refractivity contribution in [3.8, 4) is 71.0 Å². The van der Waals surface area contributed by atoms with Gasteiger partial charge in [0.25, 0.3) is 33.4 Å². The average molecular weight is 1970 g/mol. The Morgan fingerprint density at radius 1 is 0.315 bits per heavy atom. The standard InChI is InChI=1S/C20H18N4O2.3C20H18N4O.2C19H16N4O/c1-26-9-7-15-11-18-23-17-10-14(5-6-16-4-2-3-8-21-16)12-22-19(17)20(25)24(18)13-15;1-3-20(2)11-17-23-16-10-14(7-8-15-6-4-5-9-21-15)12-22-18(16)19(25)24(17)13-20;1-2-14-7-9-18-23-17-11-15(6-8-16-5-3-4-10-21-16)12-22-19(17)20(25)24(18)13-14;1-2-14-8-10-24-18(12-14)23-17-11-15(13-22-19(17)20(24)25)6-7-16-5-3-4-9-21-16;1-13-5-8-17-22-16-10-14(6-7-15-4-2-3-9-20-15)11-21-18(16)19(24)23(17)12-13;1-13-7-9-23-17(10-13)22-16-11-14(12-21-18(16)19(23)24)5-6-15-4-2-3-8-20-15/h2-4,8,10,12,15H,7,9,11,13H2,1H3;4-6,9-10,12H,3,11,13H2,1-2H3;3-5,10-12,14H,2,7,9,13H2,1H3;3-5,9,11,13-14H,2,8,10,12H2,1H3;2-4,9-11,13H,5,8,12H2,1H3;2-4,8,11-13H,7,9-10H2,1H3. The van der Waals surface area contributed by atoms with Gasteiger partial charge in [0.1, 0.15) is 69.1 Å². The van der Waals surface area contributed by atoms with Crippen molar-refractivity contribution in [3.63, 3.8) is 0 Å². The van der Waals surface area contributed by atoms with E-state index in [1.807, 2.05) is 146 Å². The Bertz CT molecular complexity index is 8970. The van der Waals surface area contributed by atoms with E-state index in [4.69, 9.17) is 14.7 Å². The third-order valence-corrected chi connectivity index (χ3v) is 27.2. The molecule has 0 radical (unpaired) electrons. The molecule has 0 aliphatic carbocycles. The number of pyridine rings is 12. The third-order valence-electron chi connectivity index (χ3n) is 27.2. The van der Waals surface area contributed by atoms with E-state index in [-0.39, 0.29) is 38.8 Å². The van der Waals surface area contributed by atoms with Gasteiger partial charge in [-0.25, -0.2) is 89.7 Å². The Morgan fingerprint density at radius 2 is 0.617 bits per heavy atom. The second-order valence-corrected chi connectivity index (χ2v) is 38.1. The predicted molar refractivity (Wildman–Crippen MR) is 569 cm³/mol. The van der Waals surface area contributed by atoms with Gasteiger partial charge in [-0.2, -0.15) is 0 Å². The molecule has 18 aromatic rings. The van der Waals surface area contributed by atoms with Gasteiger partial charge >= 0.3 is 0 Å². The van der Waals surface area contributed by atoms with E-state index in [9.17, 15) is 28.8 Å². The van der Waals surface area contributed by atoms with Crippen LogP contribution in [0, 0.1) is 106 Å². The van der Waals surface area contributed by atoms with E-state index in [0.717, 1.165) is 179 Å². The monoisotopic (exact) mass is 1970 g/mol. The zero-order valence-electron chi connectivity index (χ0n) is 83.6. The molecule has 149 heavy (non-hydrogen) atoms. The summed E-state index contributed by atoms with van der Waals surface area (Å²) in [6, 6.07) is 44.6. The Balaban J connectivity index is 0.000000112. The Hall–Kier alpha value is -18.0. The Kier molecular flexibility index (Phi) is 30.7. The normalized spacial score (nSPS) is 16.5. The number of aryl methyl sites for hydroxylation is 2. The third kappa shape index (κ3) is 23.8. The summed E-state index contributed by atoms with van der Waals surface area (Å²) in [5.74, 6) is 43.9. The van der Waals surface area contributed by atoms with Crippen LogP contribution in [0.2, 0.25) is 0 Å². The van der Waals surface area contributed by atoms with E-state index in [1.165, 1.54) is 0 Å². The molecule has 31 nitrogen and oxygen atoms in total. The molecule has 0 saturated heterocycles. The van der Waals surface area contributed by atoms with Crippen LogP contribution in [0.25, 0.3) is 66.2 Å². The smallest absolute Gasteiger partial charge is 0.280 e. The number of methoxy groups -OCH3 is 1. The van der Waals surface area contributed by atoms with Gasteiger partial charge in [-0.05, 0) is 218 Å². The van der Waals surface area contributed by atoms with Crippen molar-refractivity contribution in [2.24, 2.45) is 35.0 Å². The minimum atomic E-state index is -0.0749. The highest BCUT2D eigenvalue weighted by Gasteiger charge is 2.35. The second-order valence-electron chi connectivity index (χ2n) is 38.1. The second kappa shape index (κ2) is 45.9. The summed E-state index contributed by atoms with van der Waals surface area (Å²) in [6.45, 7) is 18.1. The van der Waals surface area contributed by atoms with Gasteiger partial charge in [-0.3, -0.25) is 56.2 Å². The maximum absolute atomic E-state index is 12.7. The lowest BCUT2D eigenvalue weighted by Crippen LogP contribution is -2.32. The lowest BCUT2D eigenvalue weighted by Gasteiger charge is -2.24. The fraction of sp³-hybridized carbons (Fsp3) is 0.288. The van der Waals surface area contributed by atoms with Crippen LogP contribution in [-0.4, -0.2) is 131 Å². The highest BCUT2D eigenvalue weighted by atomic mass is 16.5. The highest BCUT2D eigenvalue weighted by Crippen LogP contribution is 2.34. The zero-order valence-corrected chi connectivity index (χ0v) is 83.6. The van der Waals surface area contributed by atoms with Crippen LogP contribution < -0.4 is 33.4 Å². The first-order chi connectivity index (χ1) is 72.7. The first-order valence-electron chi connectivity index (χ1n) is 50.2. The minimum Gasteiger partial charge on any atom is -0.385 e. The van der Waals surface area contributed by atoms with Crippen molar-refractivity contribution in [3.05, 3.63) is 385 Å². The lowest BCUT2D eigenvalue weighted by atomic mass is 9.86. The lowest BCUT2D eigenvalue weighted by molar-refractivity contribution is 0.177. The Morgan fingerprint density at radius 3 is 0.966 bits per heavy atom. The fourth-order valence-corrected chi connectivity index (χ4v) is 18.6. The maximum atomic E-state index is 12.7. The molecule has 0 amide bonds. The van der Waals surface area contributed by atoms with Crippen LogP contribution in [0.1, 0.15) is 195 Å². The van der Waals surface area contributed by atoms with Gasteiger partial charge in [0, 0.05) is 199 Å². The SMILES string of the molecule is CC1CCc2nc3cc(C#Cc4ccccn4)cnc3c(=O)n2C1.CC1CCn2c(nc3cc(C#Cc4ccccn4)cnc3c2=O)C1.CCC1(C)Cc2nc3cc(C#Cc4ccccn4)cnc3c(=O)n2C1.CCC1CCc2nc3cc(C#Cc4ccccn4)cnc3c(=O)n2C1.CCC1CCn2c(nc3cc(C#Cc4ccccn4)cnc3c2=O)C1.COCCC1Cc2nc3cc(C#Cc4ccccn4)cnc3c(=O)n2C1. The number of ether oxygens (including phenoxy) is 1. The Labute approximate surface area is 858 Å². The van der Waals surface area contributed by atoms with E-state index >= 15 is 0 Å². The fourth-order valence-electron chi connectivity index (χ4n) is 18.6. The number of hydrogen-bond donors (Lipinski definition) is 0. The van der Waals surface area contributed by atoms with Crippen LogP contribution in [0.5, 0.6) is 0 Å². The first kappa shape index (κ1) is 99.7. The van der Waals surface area contributed by atoms with Gasteiger partial charge in [0.2, 0.25) is 0 Å². The molecule has 6 unspecified atom stereocenters. The molecule has 738 valence electrons. The van der Waals surface area contributed by atoms with Crippen molar-refractivity contribution in [1.82, 2.24) is 117 Å². The topological polar surface area (TPSA) is 373 Å². The van der Waals surface area contributed by atoms with Gasteiger partial charge < -0.3 is 4.74 Å². The molecule has 6 aliphatic rings. The molecular formula is C118H104N24O7. The van der Waals surface area contributed by atoms with Gasteiger partial charge in [0.05, 0.1) is 33.1 Å². The van der Waals surface area contributed by atoms with Crippen molar-refractivity contribution >= 4 is 66.2 Å². The van der Waals surface area contributed by atoms with E-state index in [2.05, 4.69) is 192 Å². The van der Waals surface area contributed by atoms with Gasteiger partial charge in [0.15, 0.2) is 33.1 Å². The molecule has 24 heterocycles. The van der Waals surface area contributed by atoms with Gasteiger partial charge in [-0.1, -0.05) is 126 Å². The number of nitrogens with zero attached hydrogens (tertiary/aromatic N) is 24. The molecule has 0 bridgehead atoms. The number of fused-ring (bicyclic) bond motifs is 12. The molecule has 24 rings (SSSR count). The van der Waals surface area contributed by atoms with Crippen molar-refractivity contribution in [2.75, 3.05) is 13.7 Å². The largest absolute Gasteiger partial charge is 0.385 e. The molecule has 31 heteroatoms. The van der Waals surface area contributed by atoms with Crippen LogP contribution in [0.3, 0.4) is 0 Å². The van der Waals surface area contributed by atoms with Crippen molar-refractivity contribution < 1.29 is 4.74 Å². The van der Waals surface area contributed by atoms with Crippen LogP contribution in [0.4, 0.5) is 0 Å². The summed E-state index contributed by atoms with van der Waals surface area (Å²) in [5, 5.41) is 0. The summed E-state index contributed by atoms with van der Waals surface area (Å²) in [4.78, 5) is 155. The number of hydrogen-bond acceptors (Lipinski definition) is 25.